The van der Waals surface area contributed by atoms with E-state index in [2.05, 4.69) is 4.98 Å². The summed E-state index contributed by atoms with van der Waals surface area (Å²) >= 11 is 1.21. The van der Waals surface area contributed by atoms with Gasteiger partial charge in [0, 0.05) is 17.7 Å². The molecule has 72 valence electrons. The van der Waals surface area contributed by atoms with Gasteiger partial charge in [0.25, 0.3) is 0 Å². The van der Waals surface area contributed by atoms with E-state index in [-0.39, 0.29) is 5.06 Å². The Bertz CT molecular complexity index is 431. The standard InChI is InChI=1S/C9H8N2O2S/c1-6-9(12)14-8(10-6)7-2-4-11(13)5-3-7/h2-5,12H,1H3. The van der Waals surface area contributed by atoms with Crippen molar-refractivity contribution in [3.05, 3.63) is 35.4 Å². The van der Waals surface area contributed by atoms with Gasteiger partial charge >= 0.3 is 0 Å². The molecule has 2 aromatic rings. The highest BCUT2D eigenvalue weighted by Gasteiger charge is 2.08. The van der Waals surface area contributed by atoms with Gasteiger partial charge in [0.1, 0.15) is 5.01 Å². The highest BCUT2D eigenvalue weighted by molar-refractivity contribution is 7.16. The van der Waals surface area contributed by atoms with E-state index < -0.39 is 0 Å². The summed E-state index contributed by atoms with van der Waals surface area (Å²) < 4.78 is 0.712. The fraction of sp³-hybridized carbons (Fsp3) is 0.111. The Hall–Kier alpha value is -1.62. The Kier molecular flexibility index (Phi) is 2.09. The lowest BCUT2D eigenvalue weighted by molar-refractivity contribution is -0.605. The molecule has 0 aliphatic rings. The number of pyridine rings is 1. The van der Waals surface area contributed by atoms with Crippen LogP contribution < -0.4 is 4.73 Å². The maximum absolute atomic E-state index is 10.8. The second-order valence-corrected chi connectivity index (χ2v) is 3.83. The third-order valence-electron chi connectivity index (χ3n) is 1.82. The molecule has 0 fully saturated rings. The molecule has 5 heteroatoms. The van der Waals surface area contributed by atoms with Crippen molar-refractivity contribution < 1.29 is 9.84 Å². The van der Waals surface area contributed by atoms with Gasteiger partial charge in [-0.1, -0.05) is 11.3 Å². The third-order valence-corrected chi connectivity index (χ3v) is 2.83. The topological polar surface area (TPSA) is 60.1 Å². The lowest BCUT2D eigenvalue weighted by atomic mass is 10.3. The summed E-state index contributed by atoms with van der Waals surface area (Å²) in [7, 11) is 0. The highest BCUT2D eigenvalue weighted by atomic mass is 32.1. The average Bonchev–Trinajstić information content (AvgIpc) is 2.48. The summed E-state index contributed by atoms with van der Waals surface area (Å²) in [5.41, 5.74) is 1.45. The molecule has 0 radical (unpaired) electrons. The van der Waals surface area contributed by atoms with Crippen LogP contribution in [0.2, 0.25) is 0 Å². The quantitative estimate of drug-likeness (QED) is 0.570. The number of aromatic hydroxyl groups is 1. The molecule has 0 aliphatic heterocycles. The van der Waals surface area contributed by atoms with Crippen LogP contribution in [0.4, 0.5) is 0 Å². The van der Waals surface area contributed by atoms with Crippen molar-refractivity contribution in [3.63, 3.8) is 0 Å². The van der Waals surface area contributed by atoms with Gasteiger partial charge in [-0.25, -0.2) is 4.98 Å². The number of hydrogen-bond donors (Lipinski definition) is 1. The van der Waals surface area contributed by atoms with Gasteiger partial charge in [-0.2, -0.15) is 4.73 Å². The fourth-order valence-corrected chi connectivity index (χ4v) is 1.88. The van der Waals surface area contributed by atoms with E-state index in [1.165, 1.54) is 23.7 Å². The van der Waals surface area contributed by atoms with Crippen LogP contribution in [0.15, 0.2) is 24.5 Å². The molecule has 0 atom stereocenters. The molecule has 2 heterocycles. The minimum absolute atomic E-state index is 0.221. The fourth-order valence-electron chi connectivity index (χ4n) is 1.07. The first-order chi connectivity index (χ1) is 6.66. The number of aromatic nitrogens is 2. The van der Waals surface area contributed by atoms with Crippen molar-refractivity contribution in [1.82, 2.24) is 4.98 Å². The zero-order valence-corrected chi connectivity index (χ0v) is 8.28. The van der Waals surface area contributed by atoms with Gasteiger partial charge in [0.15, 0.2) is 17.5 Å². The van der Waals surface area contributed by atoms with Gasteiger partial charge in [-0.15, -0.1) is 0 Å². The summed E-state index contributed by atoms with van der Waals surface area (Å²) in [6, 6.07) is 3.34. The van der Waals surface area contributed by atoms with Crippen LogP contribution in [-0.2, 0) is 0 Å². The lowest BCUT2D eigenvalue weighted by Crippen LogP contribution is -2.23. The molecule has 1 N–H and O–H groups in total. The van der Waals surface area contributed by atoms with Crippen molar-refractivity contribution in [3.8, 4) is 15.6 Å². The predicted octanol–water partition coefficient (Wildman–Crippen LogP) is 1.46. The summed E-state index contributed by atoms with van der Waals surface area (Å²) in [5.74, 6) is 0. The van der Waals surface area contributed by atoms with Gasteiger partial charge < -0.3 is 10.3 Å². The molecule has 0 saturated carbocycles. The molecule has 0 unspecified atom stereocenters. The van der Waals surface area contributed by atoms with Crippen LogP contribution in [0.3, 0.4) is 0 Å². The zero-order valence-electron chi connectivity index (χ0n) is 7.47. The van der Waals surface area contributed by atoms with Crippen LogP contribution in [0.5, 0.6) is 5.06 Å². The van der Waals surface area contributed by atoms with Crippen LogP contribution in [0, 0.1) is 12.1 Å². The first-order valence-corrected chi connectivity index (χ1v) is 4.84. The average molecular weight is 208 g/mol. The minimum Gasteiger partial charge on any atom is -0.619 e. The van der Waals surface area contributed by atoms with E-state index in [9.17, 15) is 10.3 Å². The lowest BCUT2D eigenvalue weighted by Gasteiger charge is -1.95. The first-order valence-electron chi connectivity index (χ1n) is 4.02. The first kappa shape index (κ1) is 8.96. The summed E-state index contributed by atoms with van der Waals surface area (Å²) in [6.45, 7) is 1.74. The second kappa shape index (κ2) is 3.26. The molecule has 2 rings (SSSR count). The Morgan fingerprint density at radius 3 is 2.57 bits per heavy atom. The van der Waals surface area contributed by atoms with E-state index in [1.807, 2.05) is 0 Å². The summed E-state index contributed by atoms with van der Waals surface area (Å²) in [6.07, 6.45) is 2.81. The number of nitrogens with zero attached hydrogens (tertiary/aromatic N) is 2. The molecular weight excluding hydrogens is 200 g/mol. The second-order valence-electron chi connectivity index (χ2n) is 2.86. The number of thiazole rings is 1. The molecule has 0 amide bonds. The van der Waals surface area contributed by atoms with Crippen molar-refractivity contribution >= 4 is 11.3 Å². The van der Waals surface area contributed by atoms with Gasteiger partial charge in [-0.05, 0) is 6.92 Å². The molecule has 0 saturated heterocycles. The Balaban J connectivity index is 2.44. The summed E-state index contributed by atoms with van der Waals surface area (Å²) in [5, 5.41) is 21.1. The molecule has 0 aromatic carbocycles. The van der Waals surface area contributed by atoms with Crippen molar-refractivity contribution in [1.29, 1.82) is 0 Å². The number of hydrogen-bond acceptors (Lipinski definition) is 4. The van der Waals surface area contributed by atoms with Crippen molar-refractivity contribution in [2.45, 2.75) is 6.92 Å². The molecule has 0 bridgehead atoms. The van der Waals surface area contributed by atoms with Crippen LogP contribution >= 0.6 is 11.3 Å². The van der Waals surface area contributed by atoms with Gasteiger partial charge in [-0.3, -0.25) is 0 Å². The minimum atomic E-state index is 0.221. The smallest absolute Gasteiger partial charge is 0.195 e. The SMILES string of the molecule is Cc1nc(-c2cc[n+]([O-])cc2)sc1O. The Morgan fingerprint density at radius 1 is 1.43 bits per heavy atom. The maximum atomic E-state index is 10.8. The van der Waals surface area contributed by atoms with Crippen LogP contribution in [-0.4, -0.2) is 10.1 Å². The van der Waals surface area contributed by atoms with Gasteiger partial charge in [0.2, 0.25) is 0 Å². The third kappa shape index (κ3) is 1.54. The van der Waals surface area contributed by atoms with E-state index in [4.69, 9.17) is 0 Å². The number of rotatable bonds is 1. The normalized spacial score (nSPS) is 10.4. The monoisotopic (exact) mass is 208 g/mol. The zero-order chi connectivity index (χ0) is 10.1. The Labute approximate surface area is 84.7 Å². The maximum Gasteiger partial charge on any atom is 0.195 e. The molecule has 0 aliphatic carbocycles. The summed E-state index contributed by atoms with van der Waals surface area (Å²) in [4.78, 5) is 4.17. The highest BCUT2D eigenvalue weighted by Crippen LogP contribution is 2.31. The number of aryl methyl sites for hydroxylation is 1. The molecule has 2 aromatic heterocycles. The van der Waals surface area contributed by atoms with E-state index in [0.29, 0.717) is 10.4 Å². The van der Waals surface area contributed by atoms with Crippen LogP contribution in [0.1, 0.15) is 5.69 Å². The predicted molar refractivity (Wildman–Crippen MR) is 52.9 cm³/mol. The van der Waals surface area contributed by atoms with Crippen molar-refractivity contribution in [2.75, 3.05) is 0 Å². The van der Waals surface area contributed by atoms with E-state index >= 15 is 0 Å². The van der Waals surface area contributed by atoms with Crippen molar-refractivity contribution in [2.24, 2.45) is 0 Å². The van der Waals surface area contributed by atoms with Gasteiger partial charge in [0.05, 0.1) is 5.69 Å². The largest absolute Gasteiger partial charge is 0.619 e. The van der Waals surface area contributed by atoms with E-state index in [0.717, 1.165) is 10.6 Å². The molecule has 0 spiro atoms. The van der Waals surface area contributed by atoms with Crippen LogP contribution in [0.25, 0.3) is 10.6 Å². The molecular formula is C9H8N2O2S. The molecule has 4 nitrogen and oxygen atoms in total. The molecule has 14 heavy (non-hydrogen) atoms. The van der Waals surface area contributed by atoms with E-state index in [1.54, 1.807) is 19.1 Å². The Morgan fingerprint density at radius 2 is 2.07 bits per heavy atom.